The van der Waals surface area contributed by atoms with E-state index in [1.165, 1.54) is 12.8 Å². The number of ether oxygens (including phenoxy) is 1. The van der Waals surface area contributed by atoms with Crippen LogP contribution in [0.1, 0.15) is 54.8 Å². The Kier molecular flexibility index (Phi) is 5.24. The van der Waals surface area contributed by atoms with E-state index in [4.69, 9.17) is 9.26 Å². The first-order valence-electron chi connectivity index (χ1n) is 9.81. The molecule has 1 aliphatic heterocycles. The fraction of sp³-hybridized carbons (Fsp3) is 0.684. The fourth-order valence-electron chi connectivity index (χ4n) is 3.58. The summed E-state index contributed by atoms with van der Waals surface area (Å²) in [5.74, 6) is 1.98. The smallest absolute Gasteiger partial charge is 0.249 e. The summed E-state index contributed by atoms with van der Waals surface area (Å²) in [6.45, 7) is 6.30. The average Bonchev–Trinajstić information content (AvgIpc) is 3.03. The minimum Gasteiger partial charge on any atom is -0.381 e. The van der Waals surface area contributed by atoms with E-state index in [2.05, 4.69) is 15.2 Å². The van der Waals surface area contributed by atoms with Crippen molar-refractivity contribution < 1.29 is 14.1 Å². The van der Waals surface area contributed by atoms with Crippen molar-refractivity contribution in [3.63, 3.8) is 0 Å². The summed E-state index contributed by atoms with van der Waals surface area (Å²) in [4.78, 5) is 19.2. The van der Waals surface area contributed by atoms with Crippen molar-refractivity contribution in [1.82, 2.24) is 24.8 Å². The van der Waals surface area contributed by atoms with Gasteiger partial charge in [0.15, 0.2) is 5.82 Å². The maximum absolute atomic E-state index is 12.8. The van der Waals surface area contributed by atoms with E-state index in [9.17, 15) is 4.79 Å². The van der Waals surface area contributed by atoms with Gasteiger partial charge < -0.3 is 14.2 Å². The lowest BCUT2D eigenvalue weighted by atomic mass is 10.2. The largest absolute Gasteiger partial charge is 0.381 e. The van der Waals surface area contributed by atoms with Gasteiger partial charge in [0.2, 0.25) is 11.8 Å². The summed E-state index contributed by atoms with van der Waals surface area (Å²) < 4.78 is 12.9. The van der Waals surface area contributed by atoms with Crippen LogP contribution in [0, 0.1) is 19.8 Å². The Labute approximate surface area is 158 Å². The number of aromatic nitrogens is 4. The Morgan fingerprint density at radius 1 is 1.33 bits per heavy atom. The molecule has 2 fully saturated rings. The molecule has 2 aliphatic rings. The predicted octanol–water partition coefficient (Wildman–Crippen LogP) is 2.22. The van der Waals surface area contributed by atoms with Crippen LogP contribution in [-0.4, -0.2) is 50.5 Å². The van der Waals surface area contributed by atoms with Gasteiger partial charge in [-0.1, -0.05) is 5.16 Å². The number of nitrogens with zero attached hydrogens (tertiary/aromatic N) is 5. The molecule has 3 heterocycles. The summed E-state index contributed by atoms with van der Waals surface area (Å²) in [5, 5.41) is 8.45. The lowest BCUT2D eigenvalue weighted by molar-refractivity contribution is -0.133. The Morgan fingerprint density at radius 3 is 2.93 bits per heavy atom. The molecule has 1 saturated carbocycles. The topological polar surface area (TPSA) is 86.3 Å². The van der Waals surface area contributed by atoms with Crippen LogP contribution < -0.4 is 0 Å². The molecule has 1 amide bonds. The Hall–Kier alpha value is -2.22. The highest BCUT2D eigenvalue weighted by molar-refractivity contribution is 5.76. The number of hydrogen-bond acceptors (Lipinski definition) is 6. The highest BCUT2D eigenvalue weighted by Gasteiger charge is 2.34. The van der Waals surface area contributed by atoms with Gasteiger partial charge in [-0.05, 0) is 51.5 Å². The van der Waals surface area contributed by atoms with Gasteiger partial charge >= 0.3 is 0 Å². The molecule has 0 N–H and O–H groups in total. The van der Waals surface area contributed by atoms with Crippen LogP contribution in [0.15, 0.2) is 10.6 Å². The molecule has 2 aromatic heterocycles. The zero-order chi connectivity index (χ0) is 18.8. The van der Waals surface area contributed by atoms with Crippen LogP contribution in [0.5, 0.6) is 0 Å². The van der Waals surface area contributed by atoms with E-state index < -0.39 is 0 Å². The molecule has 8 heteroatoms. The summed E-state index contributed by atoms with van der Waals surface area (Å²) in [6, 6.07) is 1.84. The number of amides is 1. The molecule has 1 atom stereocenters. The van der Waals surface area contributed by atoms with Crippen LogP contribution in [0.2, 0.25) is 0 Å². The van der Waals surface area contributed by atoms with E-state index in [1.807, 2.05) is 24.8 Å². The Bertz CT molecular complexity index is 795. The van der Waals surface area contributed by atoms with Crippen LogP contribution >= 0.6 is 0 Å². The molecule has 0 bridgehead atoms. The van der Waals surface area contributed by atoms with Crippen molar-refractivity contribution in [1.29, 1.82) is 0 Å². The molecular weight excluding hydrogens is 346 g/mol. The van der Waals surface area contributed by atoms with Gasteiger partial charge in [0.25, 0.3) is 0 Å². The van der Waals surface area contributed by atoms with E-state index in [0.29, 0.717) is 31.3 Å². The zero-order valence-electron chi connectivity index (χ0n) is 16.1. The van der Waals surface area contributed by atoms with Gasteiger partial charge in [-0.25, -0.2) is 0 Å². The molecule has 27 heavy (non-hydrogen) atoms. The third kappa shape index (κ3) is 4.37. The average molecular weight is 373 g/mol. The third-order valence-corrected chi connectivity index (χ3v) is 5.25. The number of hydrogen-bond donors (Lipinski definition) is 0. The maximum atomic E-state index is 12.8. The normalized spacial score (nSPS) is 19.8. The molecular formula is C19H27N5O3. The third-order valence-electron chi connectivity index (χ3n) is 5.25. The van der Waals surface area contributed by atoms with Crippen LogP contribution in [-0.2, 0) is 22.5 Å². The standard InChI is InChI=1S/C19H27N5O3/c1-13-10-14(2)24(21-13)11-18(25)23-8-3-4-16(23)19-20-17(22-27-19)7-9-26-12-15-5-6-15/h10,15-16H,3-9,11-12H2,1-2H3. The number of carbonyl (C=O) groups excluding carboxylic acids is 1. The van der Waals surface area contributed by atoms with Crippen molar-refractivity contribution in [2.75, 3.05) is 19.8 Å². The minimum absolute atomic E-state index is 0.0382. The molecule has 1 aliphatic carbocycles. The van der Waals surface area contributed by atoms with Crippen molar-refractivity contribution in [3.8, 4) is 0 Å². The van der Waals surface area contributed by atoms with Gasteiger partial charge in [0.1, 0.15) is 12.6 Å². The number of likely N-dealkylation sites (tertiary alicyclic amines) is 1. The van der Waals surface area contributed by atoms with E-state index in [1.54, 1.807) is 4.68 Å². The molecule has 4 rings (SSSR count). The van der Waals surface area contributed by atoms with E-state index in [0.717, 1.165) is 36.8 Å². The fourth-order valence-corrected chi connectivity index (χ4v) is 3.58. The van der Waals surface area contributed by atoms with Crippen molar-refractivity contribution in [2.45, 2.75) is 58.5 Å². The molecule has 0 spiro atoms. The van der Waals surface area contributed by atoms with Gasteiger partial charge in [0, 0.05) is 25.3 Å². The van der Waals surface area contributed by atoms with Gasteiger partial charge in [-0.3, -0.25) is 9.48 Å². The highest BCUT2D eigenvalue weighted by Crippen LogP contribution is 2.31. The number of carbonyl (C=O) groups is 1. The number of rotatable bonds is 8. The summed E-state index contributed by atoms with van der Waals surface area (Å²) in [5.41, 5.74) is 1.91. The lowest BCUT2D eigenvalue weighted by Gasteiger charge is -2.22. The van der Waals surface area contributed by atoms with Crippen LogP contribution in [0.4, 0.5) is 0 Å². The first-order chi connectivity index (χ1) is 13.1. The second-order valence-corrected chi connectivity index (χ2v) is 7.65. The quantitative estimate of drug-likeness (QED) is 0.660. The number of aryl methyl sites for hydroxylation is 2. The molecule has 0 radical (unpaired) electrons. The zero-order valence-corrected chi connectivity index (χ0v) is 16.1. The Morgan fingerprint density at radius 2 is 2.19 bits per heavy atom. The molecule has 2 aromatic rings. The monoisotopic (exact) mass is 373 g/mol. The minimum atomic E-state index is -0.136. The van der Waals surface area contributed by atoms with Gasteiger partial charge in [-0.15, -0.1) is 0 Å². The predicted molar refractivity (Wildman–Crippen MR) is 96.9 cm³/mol. The van der Waals surface area contributed by atoms with Gasteiger partial charge in [-0.2, -0.15) is 10.1 Å². The van der Waals surface area contributed by atoms with Crippen molar-refractivity contribution in [2.24, 2.45) is 5.92 Å². The van der Waals surface area contributed by atoms with Crippen molar-refractivity contribution in [3.05, 3.63) is 29.2 Å². The lowest BCUT2D eigenvalue weighted by Crippen LogP contribution is -2.34. The first-order valence-corrected chi connectivity index (χ1v) is 9.81. The highest BCUT2D eigenvalue weighted by atomic mass is 16.5. The molecule has 1 unspecified atom stereocenters. The summed E-state index contributed by atoms with van der Waals surface area (Å²) in [6.07, 6.45) is 5.01. The summed E-state index contributed by atoms with van der Waals surface area (Å²) >= 11 is 0. The first kappa shape index (κ1) is 18.2. The SMILES string of the molecule is Cc1cc(C)n(CC(=O)N2CCCC2c2nc(CCOCC3CC3)no2)n1. The van der Waals surface area contributed by atoms with Crippen molar-refractivity contribution >= 4 is 5.91 Å². The molecule has 146 valence electrons. The molecule has 1 saturated heterocycles. The molecule has 8 nitrogen and oxygen atoms in total. The van der Waals surface area contributed by atoms with Gasteiger partial charge in [0.05, 0.1) is 12.3 Å². The summed E-state index contributed by atoms with van der Waals surface area (Å²) in [7, 11) is 0. The van der Waals surface area contributed by atoms with E-state index in [-0.39, 0.29) is 18.5 Å². The maximum Gasteiger partial charge on any atom is 0.249 e. The van der Waals surface area contributed by atoms with E-state index >= 15 is 0 Å². The second kappa shape index (κ2) is 7.80. The van der Waals surface area contributed by atoms with Crippen LogP contribution in [0.25, 0.3) is 0 Å². The Balaban J connectivity index is 1.34. The molecule has 0 aromatic carbocycles. The van der Waals surface area contributed by atoms with Crippen LogP contribution in [0.3, 0.4) is 0 Å². The second-order valence-electron chi connectivity index (χ2n) is 7.65.